The molecular formula is C15H10O5S. The average Bonchev–Trinajstić information content (AvgIpc) is 2.99. The highest BCUT2D eigenvalue weighted by Crippen LogP contribution is 2.32. The lowest BCUT2D eigenvalue weighted by molar-refractivity contribution is 0.0694. The van der Waals surface area contributed by atoms with E-state index in [0.29, 0.717) is 16.2 Å². The molecule has 0 saturated heterocycles. The molecule has 3 rings (SSSR count). The molecular weight excluding hydrogens is 292 g/mol. The molecule has 6 heteroatoms. The van der Waals surface area contributed by atoms with Gasteiger partial charge < -0.3 is 14.3 Å². The minimum atomic E-state index is -1.32. The molecule has 0 amide bonds. The van der Waals surface area contributed by atoms with Gasteiger partial charge in [0.25, 0.3) is 0 Å². The largest absolute Gasteiger partial charge is 0.496 e. The number of fused-ring (bicyclic) bond motifs is 1. The van der Waals surface area contributed by atoms with Gasteiger partial charge in [-0.15, -0.1) is 11.3 Å². The molecule has 1 aromatic carbocycles. The lowest BCUT2D eigenvalue weighted by Gasteiger charge is -2.08. The van der Waals surface area contributed by atoms with E-state index in [9.17, 15) is 14.7 Å². The average molecular weight is 302 g/mol. The molecule has 0 bridgehead atoms. The van der Waals surface area contributed by atoms with E-state index in [1.54, 1.807) is 35.7 Å². The summed E-state index contributed by atoms with van der Waals surface area (Å²) in [6.45, 7) is 0. The van der Waals surface area contributed by atoms with E-state index in [4.69, 9.17) is 9.15 Å². The molecule has 0 aliphatic carbocycles. The summed E-state index contributed by atoms with van der Waals surface area (Å²) in [6, 6.07) is 8.36. The monoisotopic (exact) mass is 302 g/mol. The molecule has 0 fully saturated rings. The highest BCUT2D eigenvalue weighted by molar-refractivity contribution is 7.13. The Labute approximate surface area is 123 Å². The zero-order chi connectivity index (χ0) is 15.0. The van der Waals surface area contributed by atoms with Gasteiger partial charge in [0.1, 0.15) is 16.7 Å². The number of rotatable bonds is 3. The topological polar surface area (TPSA) is 76.7 Å². The zero-order valence-electron chi connectivity index (χ0n) is 11.0. The lowest BCUT2D eigenvalue weighted by atomic mass is 10.1. The standard InChI is InChI=1S/C15H10O5S/c1-19-8-4-2-5-9-11(8)13(16)12(15(17)18)14(20-9)10-6-3-7-21-10/h2-7H,1H3,(H,17,18). The Morgan fingerprint density at radius 3 is 2.71 bits per heavy atom. The Morgan fingerprint density at radius 2 is 2.10 bits per heavy atom. The summed E-state index contributed by atoms with van der Waals surface area (Å²) in [5, 5.41) is 11.3. The maximum absolute atomic E-state index is 12.5. The summed E-state index contributed by atoms with van der Waals surface area (Å²) < 4.78 is 10.8. The van der Waals surface area contributed by atoms with Crippen molar-refractivity contribution in [2.24, 2.45) is 0 Å². The van der Waals surface area contributed by atoms with Crippen LogP contribution >= 0.6 is 11.3 Å². The molecule has 2 aromatic heterocycles. The van der Waals surface area contributed by atoms with Gasteiger partial charge in [-0.2, -0.15) is 0 Å². The van der Waals surface area contributed by atoms with Crippen LogP contribution in [0.25, 0.3) is 21.6 Å². The first-order chi connectivity index (χ1) is 10.1. The Kier molecular flexibility index (Phi) is 3.23. The zero-order valence-corrected chi connectivity index (χ0v) is 11.8. The van der Waals surface area contributed by atoms with E-state index in [-0.39, 0.29) is 16.7 Å². The highest BCUT2D eigenvalue weighted by Gasteiger charge is 2.23. The summed E-state index contributed by atoms with van der Waals surface area (Å²) in [6.07, 6.45) is 0. The Bertz CT molecular complexity index is 877. The first kappa shape index (κ1) is 13.4. The van der Waals surface area contributed by atoms with Crippen molar-refractivity contribution >= 4 is 28.3 Å². The molecule has 0 aliphatic rings. The summed E-state index contributed by atoms with van der Waals surface area (Å²) in [5.74, 6) is -0.954. The number of carboxylic acids is 1. The van der Waals surface area contributed by atoms with Gasteiger partial charge in [-0.25, -0.2) is 4.79 Å². The first-order valence-corrected chi connectivity index (χ1v) is 6.92. The van der Waals surface area contributed by atoms with E-state index >= 15 is 0 Å². The Morgan fingerprint density at radius 1 is 1.29 bits per heavy atom. The maximum Gasteiger partial charge on any atom is 0.343 e. The van der Waals surface area contributed by atoms with Crippen molar-refractivity contribution in [2.45, 2.75) is 0 Å². The van der Waals surface area contributed by atoms with Crippen LogP contribution < -0.4 is 10.2 Å². The van der Waals surface area contributed by atoms with Gasteiger partial charge in [-0.1, -0.05) is 12.1 Å². The Balaban J connectivity index is 2.48. The van der Waals surface area contributed by atoms with Crippen molar-refractivity contribution in [1.29, 1.82) is 0 Å². The van der Waals surface area contributed by atoms with Crippen LogP contribution in [-0.2, 0) is 0 Å². The molecule has 0 spiro atoms. The van der Waals surface area contributed by atoms with Crippen molar-refractivity contribution in [3.63, 3.8) is 0 Å². The molecule has 1 N–H and O–H groups in total. The van der Waals surface area contributed by atoms with Gasteiger partial charge in [-0.3, -0.25) is 4.79 Å². The van der Waals surface area contributed by atoms with Crippen molar-refractivity contribution in [3.05, 3.63) is 51.5 Å². The van der Waals surface area contributed by atoms with Crippen LogP contribution in [0.2, 0.25) is 0 Å². The fourth-order valence-electron chi connectivity index (χ4n) is 2.15. The number of thiophene rings is 1. The molecule has 2 heterocycles. The normalized spacial score (nSPS) is 10.7. The Hall–Kier alpha value is -2.60. The SMILES string of the molecule is COc1cccc2oc(-c3cccs3)c(C(=O)O)c(=O)c12. The smallest absolute Gasteiger partial charge is 0.343 e. The summed E-state index contributed by atoms with van der Waals surface area (Å²) in [4.78, 5) is 24.6. The maximum atomic E-state index is 12.5. The fourth-order valence-corrected chi connectivity index (χ4v) is 2.87. The molecule has 5 nitrogen and oxygen atoms in total. The number of carbonyl (C=O) groups is 1. The first-order valence-electron chi connectivity index (χ1n) is 6.04. The second-order valence-electron chi connectivity index (χ2n) is 4.25. The van der Waals surface area contributed by atoms with E-state index in [2.05, 4.69) is 0 Å². The molecule has 3 aromatic rings. The summed E-state index contributed by atoms with van der Waals surface area (Å²) in [7, 11) is 1.42. The van der Waals surface area contributed by atoms with Crippen molar-refractivity contribution in [2.75, 3.05) is 7.11 Å². The van der Waals surface area contributed by atoms with Crippen LogP contribution in [0.1, 0.15) is 10.4 Å². The summed E-state index contributed by atoms with van der Waals surface area (Å²) in [5.41, 5.74) is -0.688. The van der Waals surface area contributed by atoms with E-state index in [0.717, 1.165) is 0 Å². The highest BCUT2D eigenvalue weighted by atomic mass is 32.1. The van der Waals surface area contributed by atoms with Crippen molar-refractivity contribution in [3.8, 4) is 16.4 Å². The van der Waals surface area contributed by atoms with Crippen LogP contribution in [0.5, 0.6) is 5.75 Å². The van der Waals surface area contributed by atoms with Crippen LogP contribution in [-0.4, -0.2) is 18.2 Å². The van der Waals surface area contributed by atoms with Gasteiger partial charge >= 0.3 is 5.97 Å². The van der Waals surface area contributed by atoms with Crippen LogP contribution in [0.4, 0.5) is 0 Å². The van der Waals surface area contributed by atoms with Crippen molar-refractivity contribution < 1.29 is 19.1 Å². The number of aromatic carboxylic acids is 1. The number of ether oxygens (including phenoxy) is 1. The third-order valence-corrected chi connectivity index (χ3v) is 3.93. The third-order valence-electron chi connectivity index (χ3n) is 3.06. The molecule has 0 unspecified atom stereocenters. The van der Waals surface area contributed by atoms with Gasteiger partial charge in [0, 0.05) is 0 Å². The predicted octanol–water partition coefficient (Wildman–Crippen LogP) is 3.23. The van der Waals surface area contributed by atoms with E-state index in [1.807, 2.05) is 0 Å². The van der Waals surface area contributed by atoms with E-state index < -0.39 is 11.4 Å². The number of carboxylic acid groups (broad SMARTS) is 1. The number of benzene rings is 1. The van der Waals surface area contributed by atoms with Gasteiger partial charge in [-0.05, 0) is 23.6 Å². The van der Waals surface area contributed by atoms with Crippen LogP contribution in [0.15, 0.2) is 44.9 Å². The second kappa shape index (κ2) is 5.06. The minimum Gasteiger partial charge on any atom is -0.496 e. The number of methoxy groups -OCH3 is 1. The van der Waals surface area contributed by atoms with Crippen molar-refractivity contribution in [1.82, 2.24) is 0 Å². The molecule has 0 aliphatic heterocycles. The number of hydrogen-bond acceptors (Lipinski definition) is 5. The van der Waals surface area contributed by atoms with Gasteiger partial charge in [0.2, 0.25) is 5.43 Å². The third kappa shape index (κ3) is 2.09. The predicted molar refractivity (Wildman–Crippen MR) is 79.3 cm³/mol. The molecule has 21 heavy (non-hydrogen) atoms. The molecule has 0 atom stereocenters. The minimum absolute atomic E-state index is 0.0725. The fraction of sp³-hybridized carbons (Fsp3) is 0.0667. The molecule has 106 valence electrons. The summed E-state index contributed by atoms with van der Waals surface area (Å²) >= 11 is 1.31. The molecule has 0 saturated carbocycles. The quantitative estimate of drug-likeness (QED) is 0.803. The number of hydrogen-bond donors (Lipinski definition) is 1. The van der Waals surface area contributed by atoms with Gasteiger partial charge in [0.15, 0.2) is 11.3 Å². The lowest BCUT2D eigenvalue weighted by Crippen LogP contribution is -2.16. The van der Waals surface area contributed by atoms with Crippen LogP contribution in [0, 0.1) is 0 Å². The van der Waals surface area contributed by atoms with Gasteiger partial charge in [0.05, 0.1) is 12.0 Å². The molecule has 0 radical (unpaired) electrons. The van der Waals surface area contributed by atoms with Crippen LogP contribution in [0.3, 0.4) is 0 Å². The van der Waals surface area contributed by atoms with E-state index in [1.165, 1.54) is 18.4 Å². The second-order valence-corrected chi connectivity index (χ2v) is 5.20.